The van der Waals surface area contributed by atoms with Crippen LogP contribution in [0.25, 0.3) is 11.1 Å². The summed E-state index contributed by atoms with van der Waals surface area (Å²) in [7, 11) is 3.68. The number of likely N-dealkylation sites (N-methyl/N-ethyl adjacent to an activating group) is 2. The van der Waals surface area contributed by atoms with Crippen LogP contribution in [-0.4, -0.2) is 79.7 Å². The van der Waals surface area contributed by atoms with E-state index < -0.39 is 0 Å². The first kappa shape index (κ1) is 24.3. The molecule has 32 heavy (non-hydrogen) atoms. The van der Waals surface area contributed by atoms with Gasteiger partial charge < -0.3 is 19.9 Å². The molecule has 1 aliphatic heterocycles. The molecule has 3 rings (SSSR count). The van der Waals surface area contributed by atoms with E-state index in [2.05, 4.69) is 29.6 Å². The number of thioether (sulfide) groups is 1. The number of rotatable bonds is 11. The zero-order valence-corrected chi connectivity index (χ0v) is 19.8. The summed E-state index contributed by atoms with van der Waals surface area (Å²) in [4.78, 5) is 29.2. The average molecular weight is 456 g/mol. The molecule has 0 saturated carbocycles. The smallest absolute Gasteiger partial charge is 0.227 e. The highest BCUT2D eigenvalue weighted by molar-refractivity contribution is 7.99. The van der Waals surface area contributed by atoms with Crippen LogP contribution in [0.2, 0.25) is 0 Å². The van der Waals surface area contributed by atoms with Crippen molar-refractivity contribution in [3.63, 3.8) is 0 Å². The van der Waals surface area contributed by atoms with Crippen LogP contribution < -0.4 is 5.32 Å². The topological polar surface area (TPSA) is 61.9 Å². The van der Waals surface area contributed by atoms with Crippen LogP contribution in [-0.2, 0) is 20.7 Å². The summed E-state index contributed by atoms with van der Waals surface area (Å²) in [6, 6.07) is 18.3. The van der Waals surface area contributed by atoms with Crippen molar-refractivity contribution in [2.75, 3.05) is 52.0 Å². The highest BCUT2D eigenvalue weighted by Crippen LogP contribution is 2.25. The number of nitrogens with one attached hydrogen (secondary N) is 1. The second-order valence-corrected chi connectivity index (χ2v) is 8.99. The molecule has 2 aromatic carbocycles. The van der Waals surface area contributed by atoms with Gasteiger partial charge in [0.1, 0.15) is 0 Å². The second-order valence-electron chi connectivity index (χ2n) is 7.99. The number of hydrogen-bond acceptors (Lipinski definition) is 5. The molecule has 0 bridgehead atoms. The third-order valence-corrected chi connectivity index (χ3v) is 6.70. The number of ether oxygens (including phenoxy) is 1. The Morgan fingerprint density at radius 2 is 1.81 bits per heavy atom. The lowest BCUT2D eigenvalue weighted by Crippen LogP contribution is -2.41. The molecular formula is C25H33N3O3S. The summed E-state index contributed by atoms with van der Waals surface area (Å²) in [5.74, 6) is 1.59. The number of hydrogen-bond donors (Lipinski definition) is 1. The van der Waals surface area contributed by atoms with E-state index in [1.165, 1.54) is 0 Å². The molecule has 1 N–H and O–H groups in total. The first-order valence-electron chi connectivity index (χ1n) is 11.1. The molecular weight excluding hydrogens is 422 g/mol. The predicted octanol–water partition coefficient (Wildman–Crippen LogP) is 2.88. The maximum absolute atomic E-state index is 13.0. The Bertz CT molecular complexity index is 860. The molecule has 0 radical (unpaired) electrons. The summed E-state index contributed by atoms with van der Waals surface area (Å²) in [6.07, 6.45) is 0.716. The lowest BCUT2D eigenvalue weighted by Gasteiger charge is -2.26. The van der Waals surface area contributed by atoms with E-state index in [0.29, 0.717) is 38.5 Å². The van der Waals surface area contributed by atoms with Crippen molar-refractivity contribution < 1.29 is 14.3 Å². The fourth-order valence-corrected chi connectivity index (χ4v) is 4.84. The van der Waals surface area contributed by atoms with Crippen LogP contribution in [0.3, 0.4) is 0 Å². The summed E-state index contributed by atoms with van der Waals surface area (Å²) in [5.41, 5.74) is 3.30. The third-order valence-electron chi connectivity index (χ3n) is 5.62. The standard InChI is InChI=1S/C25H33N3O3S/c1-26-12-14-31-15-13-27(2)24(29)17-23-18-32-19-28(23)25(30)16-20-8-10-22(11-9-20)21-6-4-3-5-7-21/h3-11,23,26H,12-19H2,1-2H3. The van der Waals surface area contributed by atoms with E-state index >= 15 is 0 Å². The summed E-state index contributed by atoms with van der Waals surface area (Å²) in [6.45, 7) is 2.50. The molecule has 1 saturated heterocycles. The van der Waals surface area contributed by atoms with Crippen LogP contribution in [0.5, 0.6) is 0 Å². The Morgan fingerprint density at radius 3 is 2.53 bits per heavy atom. The zero-order valence-electron chi connectivity index (χ0n) is 19.0. The van der Waals surface area contributed by atoms with Gasteiger partial charge in [-0.2, -0.15) is 0 Å². The number of carbonyl (C=O) groups excluding carboxylic acids is 2. The maximum atomic E-state index is 13.0. The highest BCUT2D eigenvalue weighted by atomic mass is 32.2. The largest absolute Gasteiger partial charge is 0.378 e. The van der Waals surface area contributed by atoms with Crippen molar-refractivity contribution in [2.24, 2.45) is 0 Å². The predicted molar refractivity (Wildman–Crippen MR) is 131 cm³/mol. The molecule has 1 atom stereocenters. The first-order chi connectivity index (χ1) is 15.6. The van der Waals surface area contributed by atoms with Crippen molar-refractivity contribution in [3.05, 3.63) is 60.2 Å². The van der Waals surface area contributed by atoms with Gasteiger partial charge in [0.25, 0.3) is 0 Å². The van der Waals surface area contributed by atoms with Gasteiger partial charge >= 0.3 is 0 Å². The molecule has 7 heteroatoms. The molecule has 2 amide bonds. The lowest BCUT2D eigenvalue weighted by atomic mass is 10.0. The molecule has 1 unspecified atom stereocenters. The minimum Gasteiger partial charge on any atom is -0.378 e. The summed E-state index contributed by atoms with van der Waals surface area (Å²) >= 11 is 1.71. The Balaban J connectivity index is 1.49. The Hall–Kier alpha value is -2.35. The first-order valence-corrected chi connectivity index (χ1v) is 12.2. The van der Waals surface area contributed by atoms with Crippen LogP contribution in [0.15, 0.2) is 54.6 Å². The SMILES string of the molecule is CNCCOCCN(C)C(=O)CC1CSCN1C(=O)Cc1ccc(-c2ccccc2)cc1. The third kappa shape index (κ3) is 7.08. The molecule has 1 heterocycles. The molecule has 0 aliphatic carbocycles. The van der Waals surface area contributed by atoms with E-state index in [0.717, 1.165) is 29.0 Å². The zero-order chi connectivity index (χ0) is 22.8. The summed E-state index contributed by atoms with van der Waals surface area (Å²) < 4.78 is 5.50. The Labute approximate surface area is 195 Å². The van der Waals surface area contributed by atoms with Crippen LogP contribution in [0.4, 0.5) is 0 Å². The van der Waals surface area contributed by atoms with Gasteiger partial charge in [0, 0.05) is 32.3 Å². The monoisotopic (exact) mass is 455 g/mol. The van der Waals surface area contributed by atoms with E-state index in [-0.39, 0.29) is 17.9 Å². The maximum Gasteiger partial charge on any atom is 0.227 e. The minimum atomic E-state index is -0.0451. The van der Waals surface area contributed by atoms with Gasteiger partial charge in [0.2, 0.25) is 11.8 Å². The van der Waals surface area contributed by atoms with Crippen LogP contribution in [0.1, 0.15) is 12.0 Å². The quantitative estimate of drug-likeness (QED) is 0.528. The molecule has 6 nitrogen and oxygen atoms in total. The van der Waals surface area contributed by atoms with Gasteiger partial charge in [0.15, 0.2) is 0 Å². The minimum absolute atomic E-state index is 0.0451. The van der Waals surface area contributed by atoms with Crippen molar-refractivity contribution in [3.8, 4) is 11.1 Å². The number of nitrogens with zero attached hydrogens (tertiary/aromatic N) is 2. The van der Waals surface area contributed by atoms with E-state index in [9.17, 15) is 9.59 Å². The van der Waals surface area contributed by atoms with Crippen LogP contribution in [0, 0.1) is 0 Å². The van der Waals surface area contributed by atoms with E-state index in [4.69, 9.17) is 4.74 Å². The molecule has 172 valence electrons. The number of amides is 2. The van der Waals surface area contributed by atoms with E-state index in [1.54, 1.807) is 23.7 Å². The molecule has 0 spiro atoms. The van der Waals surface area contributed by atoms with Gasteiger partial charge in [-0.1, -0.05) is 54.6 Å². The van der Waals surface area contributed by atoms with Crippen molar-refractivity contribution in [2.45, 2.75) is 18.9 Å². The van der Waals surface area contributed by atoms with Crippen molar-refractivity contribution >= 4 is 23.6 Å². The fourth-order valence-electron chi connectivity index (χ4n) is 3.61. The fraction of sp³-hybridized carbons (Fsp3) is 0.440. The summed E-state index contributed by atoms with van der Waals surface area (Å²) in [5, 5.41) is 3.02. The molecule has 1 fully saturated rings. The van der Waals surface area contributed by atoms with Gasteiger partial charge in [-0.25, -0.2) is 0 Å². The number of benzene rings is 2. The lowest BCUT2D eigenvalue weighted by molar-refractivity contribution is -0.134. The molecule has 2 aromatic rings. The Morgan fingerprint density at radius 1 is 1.09 bits per heavy atom. The second kappa shape index (κ2) is 12.6. The Kier molecular flexibility index (Phi) is 9.59. The normalized spacial score (nSPS) is 15.7. The average Bonchev–Trinajstić information content (AvgIpc) is 3.28. The van der Waals surface area contributed by atoms with Crippen LogP contribution >= 0.6 is 11.8 Å². The highest BCUT2D eigenvalue weighted by Gasteiger charge is 2.31. The van der Waals surface area contributed by atoms with Gasteiger partial charge in [0.05, 0.1) is 31.6 Å². The van der Waals surface area contributed by atoms with Gasteiger partial charge in [-0.05, 0) is 23.7 Å². The number of carbonyl (C=O) groups is 2. The molecule has 0 aromatic heterocycles. The van der Waals surface area contributed by atoms with Crippen molar-refractivity contribution in [1.82, 2.24) is 15.1 Å². The van der Waals surface area contributed by atoms with E-state index in [1.807, 2.05) is 42.3 Å². The van der Waals surface area contributed by atoms with Crippen molar-refractivity contribution in [1.29, 1.82) is 0 Å². The van der Waals surface area contributed by atoms with Gasteiger partial charge in [-0.3, -0.25) is 9.59 Å². The molecule has 1 aliphatic rings. The van der Waals surface area contributed by atoms with Gasteiger partial charge in [-0.15, -0.1) is 11.8 Å².